The lowest BCUT2D eigenvalue weighted by Gasteiger charge is -2.38. The van der Waals surface area contributed by atoms with Gasteiger partial charge >= 0.3 is 0 Å². The predicted octanol–water partition coefficient (Wildman–Crippen LogP) is 2.86. The van der Waals surface area contributed by atoms with Gasteiger partial charge in [-0.15, -0.1) is 0 Å². The topological polar surface area (TPSA) is 71.7 Å². The van der Waals surface area contributed by atoms with Gasteiger partial charge in [0.15, 0.2) is 5.11 Å². The Morgan fingerprint density at radius 1 is 1.17 bits per heavy atom. The number of aromatic amines is 1. The molecule has 1 aliphatic carbocycles. The number of anilines is 1. The standard InChI is InChI=1S/C21H25N5O2S/c27-19(23-15-5-4-14-8-9-22-17(14)12-15)13-18-20(28)25(16-6-7-16)21(29)26(18)24-10-2-1-3-11-24/h4-5,8-9,12,16,18,22H,1-3,6-7,10-11,13H2,(H,23,27). The average Bonchev–Trinajstić information content (AvgIpc) is 3.38. The van der Waals surface area contributed by atoms with Crippen molar-refractivity contribution >= 4 is 45.7 Å². The van der Waals surface area contributed by atoms with Crippen molar-refractivity contribution in [3.8, 4) is 0 Å². The number of nitrogens with zero attached hydrogens (tertiary/aromatic N) is 3. The Morgan fingerprint density at radius 3 is 2.72 bits per heavy atom. The largest absolute Gasteiger partial charge is 0.361 e. The van der Waals surface area contributed by atoms with Crippen LogP contribution in [0.15, 0.2) is 30.5 Å². The monoisotopic (exact) mass is 411 g/mol. The SMILES string of the molecule is O=C(CC1C(=O)N(C2CC2)C(=S)N1N1CCCCC1)Nc1ccc2cc[nH]c2c1. The molecular weight excluding hydrogens is 386 g/mol. The second-order valence-corrected chi connectivity index (χ2v) is 8.49. The lowest BCUT2D eigenvalue weighted by molar-refractivity contribution is -0.134. The normalized spacial score (nSPS) is 23.2. The second kappa shape index (κ2) is 7.42. The van der Waals surface area contributed by atoms with Crippen LogP contribution in [0.1, 0.15) is 38.5 Å². The summed E-state index contributed by atoms with van der Waals surface area (Å²) in [7, 11) is 0. The number of aromatic nitrogens is 1. The second-order valence-electron chi connectivity index (χ2n) is 8.13. The van der Waals surface area contributed by atoms with Crippen molar-refractivity contribution in [2.45, 2.75) is 50.6 Å². The third-order valence-corrected chi connectivity index (χ3v) is 6.37. The molecule has 1 unspecified atom stereocenters. The molecule has 2 N–H and O–H groups in total. The Kier molecular flexibility index (Phi) is 4.75. The van der Waals surface area contributed by atoms with E-state index >= 15 is 0 Å². The number of hydrogen-bond acceptors (Lipinski definition) is 4. The zero-order valence-electron chi connectivity index (χ0n) is 16.3. The number of H-pyrrole nitrogens is 1. The van der Waals surface area contributed by atoms with Crippen molar-refractivity contribution in [1.82, 2.24) is 19.9 Å². The third-order valence-electron chi connectivity index (χ3n) is 5.99. The quantitative estimate of drug-likeness (QED) is 0.741. The van der Waals surface area contributed by atoms with Crippen LogP contribution in [0.3, 0.4) is 0 Å². The molecule has 29 heavy (non-hydrogen) atoms. The number of amides is 2. The van der Waals surface area contributed by atoms with Gasteiger partial charge < -0.3 is 10.3 Å². The summed E-state index contributed by atoms with van der Waals surface area (Å²) < 4.78 is 0. The van der Waals surface area contributed by atoms with E-state index in [0.29, 0.717) is 5.11 Å². The Balaban J connectivity index is 1.34. The van der Waals surface area contributed by atoms with E-state index in [1.54, 1.807) is 4.90 Å². The van der Waals surface area contributed by atoms with Crippen LogP contribution in [0.25, 0.3) is 10.9 Å². The summed E-state index contributed by atoms with van der Waals surface area (Å²) in [5.74, 6) is -0.199. The lowest BCUT2D eigenvalue weighted by Crippen LogP contribution is -2.51. The van der Waals surface area contributed by atoms with Gasteiger partial charge in [0.1, 0.15) is 6.04 Å². The highest BCUT2D eigenvalue weighted by Crippen LogP contribution is 2.35. The molecule has 2 aromatic rings. The Morgan fingerprint density at radius 2 is 1.97 bits per heavy atom. The molecule has 2 saturated heterocycles. The maximum atomic E-state index is 13.2. The number of fused-ring (bicyclic) bond motifs is 1. The molecule has 3 aliphatic rings. The summed E-state index contributed by atoms with van der Waals surface area (Å²) in [6.45, 7) is 1.76. The molecule has 152 valence electrons. The van der Waals surface area contributed by atoms with Gasteiger partial charge in [-0.25, -0.2) is 5.01 Å². The summed E-state index contributed by atoms with van der Waals surface area (Å²) in [4.78, 5) is 30.9. The molecule has 3 fully saturated rings. The molecule has 1 aromatic heterocycles. The van der Waals surface area contributed by atoms with E-state index in [4.69, 9.17) is 12.2 Å². The van der Waals surface area contributed by atoms with Gasteiger partial charge in [0.25, 0.3) is 5.91 Å². The minimum Gasteiger partial charge on any atom is -0.361 e. The number of hydrogen-bond donors (Lipinski definition) is 2. The fraction of sp³-hybridized carbons (Fsp3) is 0.476. The first-order chi connectivity index (χ1) is 14.1. The lowest BCUT2D eigenvalue weighted by atomic mass is 10.1. The van der Waals surface area contributed by atoms with Crippen LogP contribution < -0.4 is 5.32 Å². The van der Waals surface area contributed by atoms with Crippen LogP contribution in [0.2, 0.25) is 0 Å². The van der Waals surface area contributed by atoms with Crippen LogP contribution in [0.4, 0.5) is 5.69 Å². The summed E-state index contributed by atoms with van der Waals surface area (Å²) in [6.07, 6.45) is 7.34. The average molecular weight is 412 g/mol. The van der Waals surface area contributed by atoms with Crippen LogP contribution in [-0.2, 0) is 9.59 Å². The van der Waals surface area contributed by atoms with E-state index in [1.807, 2.05) is 35.5 Å². The van der Waals surface area contributed by atoms with E-state index in [1.165, 1.54) is 6.42 Å². The van der Waals surface area contributed by atoms with Crippen molar-refractivity contribution in [1.29, 1.82) is 0 Å². The Labute approximate surface area is 175 Å². The smallest absolute Gasteiger partial charge is 0.253 e. The number of hydrazine groups is 1. The highest BCUT2D eigenvalue weighted by Gasteiger charge is 2.51. The van der Waals surface area contributed by atoms with Crippen molar-refractivity contribution in [2.24, 2.45) is 0 Å². The highest BCUT2D eigenvalue weighted by molar-refractivity contribution is 7.80. The number of nitrogens with one attached hydrogen (secondary N) is 2. The summed E-state index contributed by atoms with van der Waals surface area (Å²) in [6, 6.07) is 7.41. The van der Waals surface area contributed by atoms with Gasteiger partial charge in [-0.1, -0.05) is 12.5 Å². The molecular formula is C21H25N5O2S. The van der Waals surface area contributed by atoms with Gasteiger partial charge in [-0.2, -0.15) is 0 Å². The van der Waals surface area contributed by atoms with Crippen molar-refractivity contribution in [3.63, 3.8) is 0 Å². The Hall–Kier alpha value is -2.45. The van der Waals surface area contributed by atoms with Crippen LogP contribution in [0.5, 0.6) is 0 Å². The van der Waals surface area contributed by atoms with Crippen molar-refractivity contribution < 1.29 is 9.59 Å². The first-order valence-corrected chi connectivity index (χ1v) is 10.8. The maximum Gasteiger partial charge on any atom is 0.253 e. The maximum absolute atomic E-state index is 13.2. The minimum atomic E-state index is -0.546. The number of rotatable bonds is 5. The van der Waals surface area contributed by atoms with Gasteiger partial charge in [-0.05, 0) is 61.5 Å². The van der Waals surface area contributed by atoms with E-state index in [-0.39, 0.29) is 24.3 Å². The molecule has 7 nitrogen and oxygen atoms in total. The molecule has 3 heterocycles. The van der Waals surface area contributed by atoms with Crippen LogP contribution in [0, 0.1) is 0 Å². The molecule has 1 aromatic carbocycles. The fourth-order valence-corrected chi connectivity index (χ4v) is 4.85. The molecule has 2 aliphatic heterocycles. The number of benzene rings is 1. The Bertz CT molecular complexity index is 963. The van der Waals surface area contributed by atoms with Crippen LogP contribution >= 0.6 is 12.2 Å². The van der Waals surface area contributed by atoms with E-state index < -0.39 is 6.04 Å². The zero-order valence-corrected chi connectivity index (χ0v) is 17.1. The predicted molar refractivity (Wildman–Crippen MR) is 115 cm³/mol. The number of carbonyl (C=O) groups excluding carboxylic acids is 2. The summed E-state index contributed by atoms with van der Waals surface area (Å²) in [5, 5.41) is 8.73. The van der Waals surface area contributed by atoms with Gasteiger partial charge in [0.05, 0.1) is 6.42 Å². The summed E-state index contributed by atoms with van der Waals surface area (Å²) in [5.41, 5.74) is 1.69. The first-order valence-electron chi connectivity index (χ1n) is 10.4. The van der Waals surface area contributed by atoms with E-state index in [2.05, 4.69) is 15.3 Å². The molecule has 1 atom stereocenters. The summed E-state index contributed by atoms with van der Waals surface area (Å²) >= 11 is 5.69. The zero-order chi connectivity index (χ0) is 20.0. The van der Waals surface area contributed by atoms with Gasteiger partial charge in [0.2, 0.25) is 5.91 Å². The third kappa shape index (κ3) is 3.51. The van der Waals surface area contributed by atoms with Crippen LogP contribution in [-0.4, -0.2) is 62.0 Å². The molecule has 1 saturated carbocycles. The molecule has 0 spiro atoms. The molecule has 2 amide bonds. The van der Waals surface area contributed by atoms with Gasteiger partial charge in [-0.3, -0.25) is 19.5 Å². The number of thiocarbonyl (C=S) groups is 1. The van der Waals surface area contributed by atoms with Gasteiger partial charge in [0, 0.05) is 36.5 Å². The molecule has 8 heteroatoms. The number of carbonyl (C=O) groups is 2. The van der Waals surface area contributed by atoms with E-state index in [0.717, 1.165) is 55.4 Å². The highest BCUT2D eigenvalue weighted by atomic mass is 32.1. The molecule has 0 bridgehead atoms. The van der Waals surface area contributed by atoms with Crippen molar-refractivity contribution in [2.75, 3.05) is 18.4 Å². The minimum absolute atomic E-state index is 0.0296. The fourth-order valence-electron chi connectivity index (χ4n) is 4.37. The van der Waals surface area contributed by atoms with Crippen molar-refractivity contribution in [3.05, 3.63) is 30.5 Å². The molecule has 5 rings (SSSR count). The number of piperidine rings is 1. The molecule has 0 radical (unpaired) electrons. The van der Waals surface area contributed by atoms with E-state index in [9.17, 15) is 9.59 Å². The first kappa shape index (κ1) is 18.6.